The van der Waals surface area contributed by atoms with Gasteiger partial charge in [-0.25, -0.2) is 0 Å². The van der Waals surface area contributed by atoms with E-state index in [4.69, 9.17) is 0 Å². The van der Waals surface area contributed by atoms with Gasteiger partial charge < -0.3 is 0 Å². The molecule has 0 amide bonds. The van der Waals surface area contributed by atoms with Crippen molar-refractivity contribution in [2.45, 2.75) is 119 Å². The molecule has 0 aromatic heterocycles. The molecule has 0 aliphatic heterocycles. The SMILES string of the molecule is CC.CC.CCCc1cc(C(CC)C2(C#N)CCCCC2)ccc1C(C)C. The number of hydrogen-bond donors (Lipinski definition) is 0. The first-order valence-corrected chi connectivity index (χ1v) is 11.6. The van der Waals surface area contributed by atoms with Gasteiger partial charge >= 0.3 is 0 Å². The quantitative estimate of drug-likeness (QED) is 0.490. The van der Waals surface area contributed by atoms with Gasteiger partial charge in [-0.1, -0.05) is 99.3 Å². The highest BCUT2D eigenvalue weighted by Gasteiger charge is 2.40. The van der Waals surface area contributed by atoms with Crippen molar-refractivity contribution in [3.63, 3.8) is 0 Å². The second-order valence-electron chi connectivity index (χ2n) is 7.65. The number of aryl methyl sites for hydroxylation is 1. The fraction of sp³-hybridized carbons (Fsp3) is 0.731. The van der Waals surface area contributed by atoms with Crippen LogP contribution >= 0.6 is 0 Å². The molecular formula is C26H45N. The molecule has 0 spiro atoms. The van der Waals surface area contributed by atoms with Crippen molar-refractivity contribution in [2.75, 3.05) is 0 Å². The van der Waals surface area contributed by atoms with Crippen LogP contribution in [0.1, 0.15) is 129 Å². The predicted octanol–water partition coefficient (Wildman–Crippen LogP) is 8.78. The Hall–Kier alpha value is -1.29. The monoisotopic (exact) mass is 371 g/mol. The Morgan fingerprint density at radius 1 is 1.00 bits per heavy atom. The van der Waals surface area contributed by atoms with E-state index in [0.29, 0.717) is 11.8 Å². The molecule has 1 unspecified atom stereocenters. The number of benzene rings is 1. The molecule has 2 rings (SSSR count). The van der Waals surface area contributed by atoms with E-state index in [9.17, 15) is 5.26 Å². The minimum Gasteiger partial charge on any atom is -0.198 e. The summed E-state index contributed by atoms with van der Waals surface area (Å²) in [6.45, 7) is 17.1. The van der Waals surface area contributed by atoms with Gasteiger partial charge in [-0.2, -0.15) is 5.26 Å². The van der Waals surface area contributed by atoms with Gasteiger partial charge in [0, 0.05) is 5.92 Å². The van der Waals surface area contributed by atoms with Crippen molar-refractivity contribution in [2.24, 2.45) is 5.41 Å². The summed E-state index contributed by atoms with van der Waals surface area (Å²) in [6, 6.07) is 9.84. The van der Waals surface area contributed by atoms with Gasteiger partial charge in [0.2, 0.25) is 0 Å². The van der Waals surface area contributed by atoms with Gasteiger partial charge in [-0.15, -0.1) is 0 Å². The van der Waals surface area contributed by atoms with Crippen LogP contribution in [0.4, 0.5) is 0 Å². The number of rotatable bonds is 6. The van der Waals surface area contributed by atoms with E-state index in [1.54, 1.807) is 0 Å². The lowest BCUT2D eigenvalue weighted by Gasteiger charge is -2.38. The summed E-state index contributed by atoms with van der Waals surface area (Å²) in [6.07, 6.45) is 9.30. The van der Waals surface area contributed by atoms with E-state index in [1.807, 2.05) is 27.7 Å². The van der Waals surface area contributed by atoms with Gasteiger partial charge in [0.1, 0.15) is 0 Å². The summed E-state index contributed by atoms with van der Waals surface area (Å²) in [5, 5.41) is 9.97. The highest BCUT2D eigenvalue weighted by Crippen LogP contribution is 2.48. The zero-order chi connectivity index (χ0) is 20.9. The molecule has 1 atom stereocenters. The number of nitriles is 1. The maximum absolute atomic E-state index is 9.97. The smallest absolute Gasteiger partial charge is 0.0696 e. The van der Waals surface area contributed by atoms with E-state index in [0.717, 1.165) is 25.7 Å². The minimum atomic E-state index is -0.129. The fourth-order valence-corrected chi connectivity index (χ4v) is 4.56. The van der Waals surface area contributed by atoms with Crippen molar-refractivity contribution in [3.05, 3.63) is 34.9 Å². The third-order valence-electron chi connectivity index (χ3n) is 5.75. The summed E-state index contributed by atoms with van der Waals surface area (Å²) < 4.78 is 0. The Morgan fingerprint density at radius 3 is 2.04 bits per heavy atom. The molecule has 1 saturated carbocycles. The zero-order valence-electron chi connectivity index (χ0n) is 19.5. The van der Waals surface area contributed by atoms with E-state index in [2.05, 4.69) is 52.0 Å². The second kappa shape index (κ2) is 13.8. The van der Waals surface area contributed by atoms with Crippen LogP contribution in [0.25, 0.3) is 0 Å². The maximum atomic E-state index is 9.97. The Balaban J connectivity index is 0.00000158. The normalized spacial score (nSPS) is 16.3. The Morgan fingerprint density at radius 2 is 1.59 bits per heavy atom. The third-order valence-corrected chi connectivity index (χ3v) is 5.75. The van der Waals surface area contributed by atoms with Crippen LogP contribution < -0.4 is 0 Å². The lowest BCUT2D eigenvalue weighted by molar-refractivity contribution is 0.211. The molecular weight excluding hydrogens is 326 g/mol. The molecule has 1 aromatic carbocycles. The van der Waals surface area contributed by atoms with Crippen molar-refractivity contribution < 1.29 is 0 Å². The average molecular weight is 372 g/mol. The first kappa shape index (κ1) is 25.7. The largest absolute Gasteiger partial charge is 0.198 e. The van der Waals surface area contributed by atoms with E-state index in [-0.39, 0.29) is 5.41 Å². The van der Waals surface area contributed by atoms with Crippen LogP contribution in [0, 0.1) is 16.7 Å². The molecule has 1 fully saturated rings. The molecule has 1 aliphatic carbocycles. The summed E-state index contributed by atoms with van der Waals surface area (Å²) in [7, 11) is 0. The van der Waals surface area contributed by atoms with Gasteiger partial charge in [0.25, 0.3) is 0 Å². The topological polar surface area (TPSA) is 23.8 Å². The fourth-order valence-electron chi connectivity index (χ4n) is 4.56. The molecule has 0 heterocycles. The first-order chi connectivity index (χ1) is 13.1. The molecule has 0 saturated heterocycles. The van der Waals surface area contributed by atoms with E-state index in [1.165, 1.54) is 42.4 Å². The number of nitrogens with zero attached hydrogens (tertiary/aromatic N) is 1. The first-order valence-electron chi connectivity index (χ1n) is 11.6. The van der Waals surface area contributed by atoms with Crippen LogP contribution in [0.5, 0.6) is 0 Å². The summed E-state index contributed by atoms with van der Waals surface area (Å²) >= 11 is 0. The summed E-state index contributed by atoms with van der Waals surface area (Å²) in [5.41, 5.74) is 4.27. The van der Waals surface area contributed by atoms with Crippen LogP contribution in [0.3, 0.4) is 0 Å². The molecule has 1 nitrogen and oxygen atoms in total. The molecule has 1 aromatic rings. The zero-order valence-corrected chi connectivity index (χ0v) is 19.5. The average Bonchev–Trinajstić information content (AvgIpc) is 2.72. The van der Waals surface area contributed by atoms with Crippen LogP contribution in [0.15, 0.2) is 18.2 Å². The standard InChI is InChI=1S/C22H33N.2C2H6/c1-5-10-18-15-19(11-12-20(18)17(3)4)21(6-2)22(16-23)13-8-7-9-14-22;2*1-2/h11-12,15,17,21H,5-10,13-14H2,1-4H3;2*1-2H3. The highest BCUT2D eigenvalue weighted by molar-refractivity contribution is 5.37. The lowest BCUT2D eigenvalue weighted by Crippen LogP contribution is -2.30. The second-order valence-corrected chi connectivity index (χ2v) is 7.65. The lowest BCUT2D eigenvalue weighted by atomic mass is 9.63. The molecule has 1 aliphatic rings. The van der Waals surface area contributed by atoms with Crippen molar-refractivity contribution in [1.29, 1.82) is 5.26 Å². The minimum absolute atomic E-state index is 0.129. The number of hydrogen-bond acceptors (Lipinski definition) is 1. The van der Waals surface area contributed by atoms with Crippen molar-refractivity contribution in [3.8, 4) is 6.07 Å². The Labute approximate surface area is 170 Å². The van der Waals surface area contributed by atoms with Crippen molar-refractivity contribution >= 4 is 0 Å². The molecule has 27 heavy (non-hydrogen) atoms. The maximum Gasteiger partial charge on any atom is 0.0696 e. The van der Waals surface area contributed by atoms with Gasteiger partial charge in [0.05, 0.1) is 11.5 Å². The van der Waals surface area contributed by atoms with Gasteiger partial charge in [0.15, 0.2) is 0 Å². The van der Waals surface area contributed by atoms with Gasteiger partial charge in [-0.05, 0) is 48.3 Å². The molecule has 1 heteroatoms. The highest BCUT2D eigenvalue weighted by atomic mass is 14.5. The Kier molecular flexibility index (Phi) is 13.2. The van der Waals surface area contributed by atoms with E-state index >= 15 is 0 Å². The predicted molar refractivity (Wildman–Crippen MR) is 121 cm³/mol. The van der Waals surface area contributed by atoms with Gasteiger partial charge in [-0.3, -0.25) is 0 Å². The van der Waals surface area contributed by atoms with E-state index < -0.39 is 0 Å². The van der Waals surface area contributed by atoms with Crippen LogP contribution in [-0.4, -0.2) is 0 Å². The third kappa shape index (κ3) is 6.67. The summed E-state index contributed by atoms with van der Waals surface area (Å²) in [4.78, 5) is 0. The summed E-state index contributed by atoms with van der Waals surface area (Å²) in [5.74, 6) is 0.968. The molecule has 0 bridgehead atoms. The molecule has 0 radical (unpaired) electrons. The van der Waals surface area contributed by atoms with Crippen molar-refractivity contribution in [1.82, 2.24) is 0 Å². The van der Waals surface area contributed by atoms with Crippen LogP contribution in [0.2, 0.25) is 0 Å². The Bertz CT molecular complexity index is 544. The molecule has 154 valence electrons. The van der Waals surface area contributed by atoms with Crippen LogP contribution in [-0.2, 0) is 6.42 Å². The molecule has 0 N–H and O–H groups in total.